The zero-order valence-electron chi connectivity index (χ0n) is 20.0. The largest absolute Gasteiger partial charge is 0.478 e. The minimum absolute atomic E-state index is 0.0194. The molecule has 2 atom stereocenters. The van der Waals surface area contributed by atoms with Crippen molar-refractivity contribution in [2.24, 2.45) is 0 Å². The van der Waals surface area contributed by atoms with Gasteiger partial charge >= 0.3 is 23.9 Å². The van der Waals surface area contributed by atoms with Gasteiger partial charge in [-0.3, -0.25) is 0 Å². The lowest BCUT2D eigenvalue weighted by atomic mass is 9.98. The number of ether oxygens (including phenoxy) is 1. The molecule has 0 aromatic heterocycles. The lowest BCUT2D eigenvalue weighted by Gasteiger charge is -2.12. The Hall–Kier alpha value is -4.31. The van der Waals surface area contributed by atoms with Gasteiger partial charge in [-0.05, 0) is 59.9 Å². The van der Waals surface area contributed by atoms with Crippen LogP contribution in [0.1, 0.15) is 78.7 Å². The van der Waals surface area contributed by atoms with Crippen LogP contribution in [0.5, 0.6) is 0 Å². The Morgan fingerprint density at radius 3 is 1.73 bits per heavy atom. The number of benzene rings is 3. The van der Waals surface area contributed by atoms with Crippen LogP contribution in [0.3, 0.4) is 0 Å². The standard InChI is InChI=1S/C27H24O9S/c1-3-15(2)17-6-4-16(5-7-17)14-36-27(34)21-11-9-19(13-23(21)26(32)33)37(35)18-8-10-20(24(28)29)22(12-18)25(30)31/h4-13,15H,3,14H2,1-2H3,(H,28,29)(H,30,31)(H,32,33). The van der Waals surface area contributed by atoms with E-state index in [1.807, 2.05) is 24.3 Å². The molecular formula is C27H24O9S. The molecule has 0 heterocycles. The van der Waals surface area contributed by atoms with Crippen LogP contribution in [-0.2, 0) is 22.1 Å². The minimum Gasteiger partial charge on any atom is -0.478 e. The third-order valence-electron chi connectivity index (χ3n) is 5.85. The van der Waals surface area contributed by atoms with E-state index >= 15 is 0 Å². The minimum atomic E-state index is -2.06. The van der Waals surface area contributed by atoms with E-state index in [-0.39, 0.29) is 22.0 Å². The van der Waals surface area contributed by atoms with Gasteiger partial charge in [-0.1, -0.05) is 38.1 Å². The van der Waals surface area contributed by atoms with Crippen LogP contribution in [0.25, 0.3) is 0 Å². The highest BCUT2D eigenvalue weighted by molar-refractivity contribution is 7.85. The van der Waals surface area contributed by atoms with Gasteiger partial charge in [-0.2, -0.15) is 0 Å². The summed E-state index contributed by atoms with van der Waals surface area (Å²) in [6.45, 7) is 4.12. The van der Waals surface area contributed by atoms with Crippen LogP contribution < -0.4 is 0 Å². The molecule has 192 valence electrons. The first-order valence-electron chi connectivity index (χ1n) is 11.2. The van der Waals surface area contributed by atoms with Crippen molar-refractivity contribution in [3.05, 3.63) is 94.0 Å². The van der Waals surface area contributed by atoms with E-state index in [1.54, 1.807) is 0 Å². The van der Waals surface area contributed by atoms with Gasteiger partial charge in [0.2, 0.25) is 0 Å². The highest BCUT2D eigenvalue weighted by Gasteiger charge is 2.22. The van der Waals surface area contributed by atoms with Crippen molar-refractivity contribution in [3.8, 4) is 0 Å². The van der Waals surface area contributed by atoms with Crippen molar-refractivity contribution in [3.63, 3.8) is 0 Å². The lowest BCUT2D eigenvalue weighted by molar-refractivity contribution is 0.0463. The molecule has 0 aliphatic carbocycles. The molecule has 0 spiro atoms. The summed E-state index contributed by atoms with van der Waals surface area (Å²) in [6.07, 6.45) is 0.988. The Kier molecular flexibility index (Phi) is 8.56. The Morgan fingerprint density at radius 1 is 0.757 bits per heavy atom. The van der Waals surface area contributed by atoms with Crippen LogP contribution >= 0.6 is 0 Å². The molecule has 9 nitrogen and oxygen atoms in total. The number of hydrogen-bond donors (Lipinski definition) is 3. The fourth-order valence-corrected chi connectivity index (χ4v) is 4.64. The number of rotatable bonds is 10. The predicted molar refractivity (Wildman–Crippen MR) is 133 cm³/mol. The van der Waals surface area contributed by atoms with Crippen molar-refractivity contribution in [2.45, 2.75) is 42.6 Å². The summed E-state index contributed by atoms with van der Waals surface area (Å²) in [7, 11) is -2.06. The number of esters is 1. The first-order chi connectivity index (χ1) is 17.5. The average molecular weight is 525 g/mol. The summed E-state index contributed by atoms with van der Waals surface area (Å²) in [4.78, 5) is 47.1. The van der Waals surface area contributed by atoms with E-state index in [2.05, 4.69) is 13.8 Å². The second-order valence-corrected chi connectivity index (χ2v) is 9.71. The smallest absolute Gasteiger partial charge is 0.339 e. The molecule has 2 unspecified atom stereocenters. The number of carboxylic acids is 3. The van der Waals surface area contributed by atoms with Crippen molar-refractivity contribution >= 4 is 34.7 Å². The molecule has 3 rings (SSSR count). The molecule has 37 heavy (non-hydrogen) atoms. The Labute approximate surface area is 214 Å². The van der Waals surface area contributed by atoms with Gasteiger partial charge in [0.25, 0.3) is 0 Å². The molecule has 3 N–H and O–H groups in total. The van der Waals surface area contributed by atoms with Crippen LogP contribution in [-0.4, -0.2) is 43.4 Å². The van der Waals surface area contributed by atoms with Crippen molar-refractivity contribution in [1.29, 1.82) is 0 Å². The van der Waals surface area contributed by atoms with E-state index in [4.69, 9.17) is 9.84 Å². The Balaban J connectivity index is 1.83. The van der Waals surface area contributed by atoms with Gasteiger partial charge in [-0.15, -0.1) is 0 Å². The van der Waals surface area contributed by atoms with Gasteiger partial charge in [-0.25, -0.2) is 23.4 Å². The topological polar surface area (TPSA) is 155 Å². The maximum absolute atomic E-state index is 13.0. The molecule has 3 aromatic carbocycles. The average Bonchev–Trinajstić information content (AvgIpc) is 2.90. The zero-order valence-corrected chi connectivity index (χ0v) is 20.8. The summed E-state index contributed by atoms with van der Waals surface area (Å²) >= 11 is 0. The molecule has 0 saturated heterocycles. The maximum Gasteiger partial charge on any atom is 0.339 e. The van der Waals surface area contributed by atoms with E-state index in [1.165, 1.54) is 18.2 Å². The maximum atomic E-state index is 13.0. The quantitative estimate of drug-likeness (QED) is 0.317. The molecule has 0 radical (unpaired) electrons. The van der Waals surface area contributed by atoms with Crippen molar-refractivity contribution in [1.82, 2.24) is 0 Å². The van der Waals surface area contributed by atoms with Crippen LogP contribution in [0.4, 0.5) is 0 Å². The first kappa shape index (κ1) is 27.3. The van der Waals surface area contributed by atoms with Crippen LogP contribution in [0.15, 0.2) is 70.5 Å². The normalized spacial score (nSPS) is 12.4. The highest BCUT2D eigenvalue weighted by Crippen LogP contribution is 2.24. The van der Waals surface area contributed by atoms with Crippen molar-refractivity contribution in [2.75, 3.05) is 0 Å². The molecule has 0 saturated carbocycles. The van der Waals surface area contributed by atoms with Gasteiger partial charge in [0.15, 0.2) is 0 Å². The highest BCUT2D eigenvalue weighted by atomic mass is 32.2. The molecule has 0 aliphatic heterocycles. The molecular weight excluding hydrogens is 500 g/mol. The fourth-order valence-electron chi connectivity index (χ4n) is 3.54. The Morgan fingerprint density at radius 2 is 1.24 bits per heavy atom. The van der Waals surface area contributed by atoms with E-state index in [0.29, 0.717) is 5.92 Å². The molecule has 10 heteroatoms. The number of carbonyl (C=O) groups excluding carboxylic acids is 1. The van der Waals surface area contributed by atoms with Gasteiger partial charge in [0.1, 0.15) is 6.61 Å². The van der Waals surface area contributed by atoms with Crippen LogP contribution in [0.2, 0.25) is 0 Å². The molecule has 0 amide bonds. The SMILES string of the molecule is CCC(C)c1ccc(COC(=O)c2ccc(S(=O)c3ccc(C(=O)O)c(C(=O)O)c3)cc2C(=O)O)cc1. The number of hydrogen-bond acceptors (Lipinski definition) is 6. The van der Waals surface area contributed by atoms with Gasteiger partial charge in [0, 0.05) is 9.79 Å². The van der Waals surface area contributed by atoms with Crippen molar-refractivity contribution < 1.29 is 43.4 Å². The second kappa shape index (κ2) is 11.6. The summed E-state index contributed by atoms with van der Waals surface area (Å²) < 4.78 is 18.3. The first-order valence-corrected chi connectivity index (χ1v) is 12.3. The zero-order chi connectivity index (χ0) is 27.3. The second-order valence-electron chi connectivity index (χ2n) is 8.23. The molecule has 0 aliphatic rings. The summed E-state index contributed by atoms with van der Waals surface area (Å²) in [5.74, 6) is -4.91. The predicted octanol–water partition coefficient (Wildman–Crippen LogP) is 4.82. The summed E-state index contributed by atoms with van der Waals surface area (Å²) in [5, 5.41) is 28.1. The van der Waals surface area contributed by atoms with Gasteiger partial charge in [0.05, 0.1) is 33.1 Å². The van der Waals surface area contributed by atoms with E-state index in [0.717, 1.165) is 35.7 Å². The monoisotopic (exact) mass is 524 g/mol. The van der Waals surface area contributed by atoms with Gasteiger partial charge < -0.3 is 20.1 Å². The van der Waals surface area contributed by atoms with E-state index in [9.17, 15) is 33.6 Å². The number of carboxylic acid groups (broad SMARTS) is 3. The number of carbonyl (C=O) groups is 4. The summed E-state index contributed by atoms with van der Waals surface area (Å²) in [6, 6.07) is 14.2. The summed E-state index contributed by atoms with van der Waals surface area (Å²) in [5.41, 5.74) is 0.165. The Bertz CT molecular complexity index is 1390. The van der Waals surface area contributed by atoms with E-state index < -0.39 is 51.4 Å². The number of aromatic carboxylic acids is 3. The fraction of sp³-hybridized carbons (Fsp3) is 0.185. The molecule has 0 fully saturated rings. The third-order valence-corrected chi connectivity index (χ3v) is 7.22. The third kappa shape index (κ3) is 6.28. The van der Waals surface area contributed by atoms with Crippen LogP contribution in [0, 0.1) is 0 Å². The molecule has 0 bridgehead atoms. The molecule has 3 aromatic rings. The lowest BCUT2D eigenvalue weighted by Crippen LogP contribution is -2.13.